The standard InChI is InChI=1S/C17H25N3O2.ClH/c1-12(20-9-8-17(3,10-18)11-20)16(22)19-15-6-4-14(5-7-15)13(2)21;/h4-7,12H,8-11,18H2,1-3H3,(H,19,22);1H. The van der Waals surface area contributed by atoms with E-state index in [2.05, 4.69) is 17.1 Å². The minimum atomic E-state index is -0.194. The van der Waals surface area contributed by atoms with Gasteiger partial charge in [0.05, 0.1) is 6.04 Å². The van der Waals surface area contributed by atoms with E-state index in [4.69, 9.17) is 5.73 Å². The normalized spacial score (nSPS) is 22.3. The van der Waals surface area contributed by atoms with Gasteiger partial charge in [0.15, 0.2) is 5.78 Å². The highest BCUT2D eigenvalue weighted by Crippen LogP contribution is 2.29. The predicted molar refractivity (Wildman–Crippen MR) is 95.1 cm³/mol. The number of likely N-dealkylation sites (tertiary alicyclic amines) is 1. The van der Waals surface area contributed by atoms with Crippen molar-refractivity contribution in [1.29, 1.82) is 0 Å². The summed E-state index contributed by atoms with van der Waals surface area (Å²) in [7, 11) is 0. The first kappa shape index (κ1) is 19.6. The molecular weight excluding hydrogens is 314 g/mol. The predicted octanol–water partition coefficient (Wildman–Crippen LogP) is 2.31. The largest absolute Gasteiger partial charge is 0.330 e. The molecule has 6 heteroatoms. The van der Waals surface area contributed by atoms with Crippen molar-refractivity contribution in [2.75, 3.05) is 25.0 Å². The van der Waals surface area contributed by atoms with Crippen LogP contribution in [0.5, 0.6) is 0 Å². The molecule has 1 aliphatic rings. The van der Waals surface area contributed by atoms with Gasteiger partial charge < -0.3 is 11.1 Å². The molecule has 1 aliphatic heterocycles. The lowest BCUT2D eigenvalue weighted by atomic mass is 9.90. The van der Waals surface area contributed by atoms with Crippen molar-refractivity contribution in [3.63, 3.8) is 0 Å². The number of hydrogen-bond acceptors (Lipinski definition) is 4. The maximum absolute atomic E-state index is 12.4. The van der Waals surface area contributed by atoms with E-state index in [0.29, 0.717) is 17.8 Å². The van der Waals surface area contributed by atoms with Crippen molar-refractivity contribution in [1.82, 2.24) is 4.90 Å². The van der Waals surface area contributed by atoms with Gasteiger partial charge in [-0.2, -0.15) is 0 Å². The number of nitrogens with two attached hydrogens (primary N) is 1. The van der Waals surface area contributed by atoms with Gasteiger partial charge in [0, 0.05) is 17.8 Å². The summed E-state index contributed by atoms with van der Waals surface area (Å²) in [4.78, 5) is 25.8. The molecule has 0 aromatic heterocycles. The summed E-state index contributed by atoms with van der Waals surface area (Å²) >= 11 is 0. The van der Waals surface area contributed by atoms with Crippen LogP contribution < -0.4 is 11.1 Å². The molecule has 1 amide bonds. The molecular formula is C17H26ClN3O2. The molecule has 128 valence electrons. The summed E-state index contributed by atoms with van der Waals surface area (Å²) < 4.78 is 0. The summed E-state index contributed by atoms with van der Waals surface area (Å²) in [5.74, 6) is -0.0128. The first-order chi connectivity index (χ1) is 10.3. The molecule has 0 saturated carbocycles. The van der Waals surface area contributed by atoms with E-state index in [1.54, 1.807) is 24.3 Å². The van der Waals surface area contributed by atoms with E-state index in [1.807, 2.05) is 6.92 Å². The van der Waals surface area contributed by atoms with Crippen LogP contribution in [0.25, 0.3) is 0 Å². The Hall–Kier alpha value is -1.43. The Balaban J connectivity index is 0.00000264. The highest BCUT2D eigenvalue weighted by molar-refractivity contribution is 5.97. The van der Waals surface area contributed by atoms with Gasteiger partial charge in [-0.3, -0.25) is 14.5 Å². The number of benzene rings is 1. The smallest absolute Gasteiger partial charge is 0.241 e. The molecule has 1 saturated heterocycles. The number of nitrogens with one attached hydrogen (secondary N) is 1. The fourth-order valence-corrected chi connectivity index (χ4v) is 2.76. The van der Waals surface area contributed by atoms with Crippen LogP contribution in [0.1, 0.15) is 37.6 Å². The molecule has 0 bridgehead atoms. The van der Waals surface area contributed by atoms with Crippen molar-refractivity contribution >= 4 is 29.8 Å². The van der Waals surface area contributed by atoms with Crippen LogP contribution in [0.15, 0.2) is 24.3 Å². The lowest BCUT2D eigenvalue weighted by Gasteiger charge is -2.26. The SMILES string of the molecule is CC(=O)c1ccc(NC(=O)C(C)N2CCC(C)(CN)C2)cc1.Cl. The van der Waals surface area contributed by atoms with Crippen molar-refractivity contribution < 1.29 is 9.59 Å². The minimum Gasteiger partial charge on any atom is -0.330 e. The first-order valence-electron chi connectivity index (χ1n) is 7.71. The summed E-state index contributed by atoms with van der Waals surface area (Å²) in [6, 6.07) is 6.78. The molecule has 5 nitrogen and oxygen atoms in total. The zero-order valence-corrected chi connectivity index (χ0v) is 14.8. The first-order valence-corrected chi connectivity index (χ1v) is 7.71. The highest BCUT2D eigenvalue weighted by atomic mass is 35.5. The quantitative estimate of drug-likeness (QED) is 0.807. The zero-order valence-electron chi connectivity index (χ0n) is 14.0. The number of amides is 1. The maximum Gasteiger partial charge on any atom is 0.241 e. The topological polar surface area (TPSA) is 75.4 Å². The number of ketones is 1. The van der Waals surface area contributed by atoms with Gasteiger partial charge in [-0.25, -0.2) is 0 Å². The summed E-state index contributed by atoms with van der Waals surface area (Å²) in [6.07, 6.45) is 1.02. The number of anilines is 1. The molecule has 0 aliphatic carbocycles. The Morgan fingerprint density at radius 2 is 1.96 bits per heavy atom. The fourth-order valence-electron chi connectivity index (χ4n) is 2.76. The van der Waals surface area contributed by atoms with Gasteiger partial charge >= 0.3 is 0 Å². The second-order valence-electron chi connectivity index (χ2n) is 6.53. The van der Waals surface area contributed by atoms with Gasteiger partial charge in [-0.1, -0.05) is 6.92 Å². The van der Waals surface area contributed by atoms with Crippen molar-refractivity contribution in [3.05, 3.63) is 29.8 Å². The third kappa shape index (κ3) is 4.77. The lowest BCUT2D eigenvalue weighted by molar-refractivity contribution is -0.120. The van der Waals surface area contributed by atoms with Crippen LogP contribution in [-0.2, 0) is 4.79 Å². The van der Waals surface area contributed by atoms with Gasteiger partial charge in [-0.15, -0.1) is 12.4 Å². The summed E-state index contributed by atoms with van der Waals surface area (Å²) in [5, 5.41) is 2.91. The minimum absolute atomic E-state index is 0. The van der Waals surface area contributed by atoms with Crippen LogP contribution in [0.2, 0.25) is 0 Å². The lowest BCUT2D eigenvalue weighted by Crippen LogP contribution is -2.42. The second-order valence-corrected chi connectivity index (χ2v) is 6.53. The molecule has 1 aromatic carbocycles. The molecule has 3 N–H and O–H groups in total. The Labute approximate surface area is 144 Å². The van der Waals surface area contributed by atoms with Crippen LogP contribution >= 0.6 is 12.4 Å². The van der Waals surface area contributed by atoms with E-state index < -0.39 is 0 Å². The summed E-state index contributed by atoms with van der Waals surface area (Å²) in [6.45, 7) is 7.99. The van der Waals surface area contributed by atoms with E-state index in [-0.39, 0.29) is 35.6 Å². The number of halogens is 1. The van der Waals surface area contributed by atoms with E-state index in [1.165, 1.54) is 6.92 Å². The fraction of sp³-hybridized carbons (Fsp3) is 0.529. The average molecular weight is 340 g/mol. The number of rotatable bonds is 5. The molecule has 2 unspecified atom stereocenters. The van der Waals surface area contributed by atoms with Crippen LogP contribution in [0.3, 0.4) is 0 Å². The van der Waals surface area contributed by atoms with E-state index in [9.17, 15) is 9.59 Å². The van der Waals surface area contributed by atoms with Crippen molar-refractivity contribution in [3.8, 4) is 0 Å². The van der Waals surface area contributed by atoms with Crippen LogP contribution in [0, 0.1) is 5.41 Å². The molecule has 0 spiro atoms. The Morgan fingerprint density at radius 1 is 1.35 bits per heavy atom. The molecule has 1 aromatic rings. The molecule has 2 atom stereocenters. The molecule has 1 heterocycles. The van der Waals surface area contributed by atoms with Crippen molar-refractivity contribution in [2.24, 2.45) is 11.1 Å². The van der Waals surface area contributed by atoms with Crippen LogP contribution in [0.4, 0.5) is 5.69 Å². The van der Waals surface area contributed by atoms with Gasteiger partial charge in [0.1, 0.15) is 0 Å². The third-order valence-electron chi connectivity index (χ3n) is 4.57. The monoisotopic (exact) mass is 339 g/mol. The van der Waals surface area contributed by atoms with Gasteiger partial charge in [-0.05, 0) is 63.0 Å². The van der Waals surface area contributed by atoms with E-state index in [0.717, 1.165) is 19.5 Å². The zero-order chi connectivity index (χ0) is 16.3. The molecule has 0 radical (unpaired) electrons. The Morgan fingerprint density at radius 3 is 2.43 bits per heavy atom. The van der Waals surface area contributed by atoms with Crippen molar-refractivity contribution in [2.45, 2.75) is 33.2 Å². The molecule has 23 heavy (non-hydrogen) atoms. The maximum atomic E-state index is 12.4. The van der Waals surface area contributed by atoms with Gasteiger partial charge in [0.25, 0.3) is 0 Å². The average Bonchev–Trinajstić information content (AvgIpc) is 2.90. The second kappa shape index (κ2) is 7.90. The number of carbonyl (C=O) groups excluding carboxylic acids is 2. The number of hydrogen-bond donors (Lipinski definition) is 2. The van der Waals surface area contributed by atoms with Crippen LogP contribution in [-0.4, -0.2) is 42.3 Å². The molecule has 1 fully saturated rings. The number of carbonyl (C=O) groups is 2. The Bertz CT molecular complexity index is 561. The third-order valence-corrected chi connectivity index (χ3v) is 4.57. The highest BCUT2D eigenvalue weighted by Gasteiger charge is 2.36. The Kier molecular flexibility index (Phi) is 6.74. The number of Topliss-reactive ketones (excluding diaryl/α,β-unsaturated/α-hetero) is 1. The molecule has 2 rings (SSSR count). The van der Waals surface area contributed by atoms with E-state index >= 15 is 0 Å². The number of nitrogens with zero attached hydrogens (tertiary/aromatic N) is 1. The van der Waals surface area contributed by atoms with Gasteiger partial charge in [0.2, 0.25) is 5.91 Å². The summed E-state index contributed by atoms with van der Waals surface area (Å²) in [5.41, 5.74) is 7.28.